The minimum atomic E-state index is -0.672. The second-order valence-corrected chi connectivity index (χ2v) is 4.85. The number of nitrogens with one attached hydrogen (secondary N) is 1. The van der Waals surface area contributed by atoms with Crippen LogP contribution in [0.25, 0.3) is 0 Å². The van der Waals surface area contributed by atoms with E-state index < -0.39 is 22.8 Å². The number of carbonyl (C=O) groups excluding carboxylic acids is 1. The zero-order chi connectivity index (χ0) is 16.0. The largest absolute Gasteiger partial charge is 0.487 e. The number of hydrogen-bond acceptors (Lipinski definition) is 6. The molecule has 1 atom stereocenters. The lowest BCUT2D eigenvalue weighted by atomic mass is 10.2. The zero-order valence-corrected chi connectivity index (χ0v) is 13.0. The number of esters is 1. The van der Waals surface area contributed by atoms with Crippen molar-refractivity contribution in [2.24, 2.45) is 0 Å². The molecule has 0 saturated carbocycles. The number of nitro groups is 1. The van der Waals surface area contributed by atoms with Gasteiger partial charge in [0.15, 0.2) is 5.75 Å². The van der Waals surface area contributed by atoms with Crippen LogP contribution < -0.4 is 10.1 Å². The molecule has 1 aromatic carbocycles. The minimum absolute atomic E-state index is 0.0114. The SMILES string of the molecule is CNC(CCOc1cc(F)c(Br)cc1[N+](=O)[O-])C(=O)OC. The quantitative estimate of drug-likeness (QED) is 0.452. The lowest BCUT2D eigenvalue weighted by molar-refractivity contribution is -0.386. The van der Waals surface area contributed by atoms with Crippen molar-refractivity contribution in [1.29, 1.82) is 0 Å². The van der Waals surface area contributed by atoms with E-state index in [1.807, 2.05) is 0 Å². The Labute approximate surface area is 128 Å². The normalized spacial score (nSPS) is 11.8. The molecule has 1 unspecified atom stereocenters. The van der Waals surface area contributed by atoms with Gasteiger partial charge in [-0.3, -0.25) is 14.9 Å². The summed E-state index contributed by atoms with van der Waals surface area (Å²) >= 11 is 2.87. The number of carbonyl (C=O) groups is 1. The van der Waals surface area contributed by atoms with Gasteiger partial charge in [-0.25, -0.2) is 4.39 Å². The molecule has 0 radical (unpaired) electrons. The van der Waals surface area contributed by atoms with Crippen LogP contribution in [0.15, 0.2) is 16.6 Å². The van der Waals surface area contributed by atoms with Crippen molar-refractivity contribution in [3.63, 3.8) is 0 Å². The highest BCUT2D eigenvalue weighted by Crippen LogP contribution is 2.32. The van der Waals surface area contributed by atoms with Gasteiger partial charge in [0.05, 0.1) is 23.1 Å². The summed E-state index contributed by atoms with van der Waals surface area (Å²) in [5.74, 6) is -1.34. The smallest absolute Gasteiger partial charge is 0.322 e. The Bertz CT molecular complexity index is 541. The third kappa shape index (κ3) is 4.64. The maximum atomic E-state index is 13.4. The standard InChI is InChI=1S/C12H14BrFN2O5/c1-15-9(12(17)20-2)3-4-21-11-6-8(14)7(13)5-10(11)16(18)19/h5-6,9,15H,3-4H2,1-2H3. The predicted octanol–water partition coefficient (Wildman–Crippen LogP) is 2.03. The second-order valence-electron chi connectivity index (χ2n) is 3.99. The molecule has 0 fully saturated rings. The molecule has 0 saturated heterocycles. The fraction of sp³-hybridized carbons (Fsp3) is 0.417. The molecule has 0 aliphatic carbocycles. The molecule has 0 aliphatic heterocycles. The summed E-state index contributed by atoms with van der Waals surface area (Å²) in [5.41, 5.74) is -0.359. The fourth-order valence-corrected chi connectivity index (χ4v) is 1.92. The van der Waals surface area contributed by atoms with Crippen LogP contribution in [-0.4, -0.2) is 37.7 Å². The van der Waals surface area contributed by atoms with Gasteiger partial charge in [-0.15, -0.1) is 0 Å². The Kier molecular flexibility index (Phi) is 6.50. The summed E-state index contributed by atoms with van der Waals surface area (Å²) in [4.78, 5) is 21.6. The first kappa shape index (κ1) is 17.3. The molecule has 0 amide bonds. The van der Waals surface area contributed by atoms with Crippen LogP contribution in [0.4, 0.5) is 10.1 Å². The Balaban J connectivity index is 2.77. The van der Waals surface area contributed by atoms with E-state index in [1.165, 1.54) is 7.11 Å². The van der Waals surface area contributed by atoms with Crippen molar-refractivity contribution in [3.05, 3.63) is 32.5 Å². The summed E-state index contributed by atoms with van der Waals surface area (Å²) in [5, 5.41) is 13.6. The highest BCUT2D eigenvalue weighted by atomic mass is 79.9. The molecule has 0 heterocycles. The van der Waals surface area contributed by atoms with Gasteiger partial charge >= 0.3 is 11.7 Å². The van der Waals surface area contributed by atoms with E-state index in [1.54, 1.807) is 7.05 Å². The number of nitro benzene ring substituents is 1. The number of ether oxygens (including phenoxy) is 2. The van der Waals surface area contributed by atoms with Crippen LogP contribution >= 0.6 is 15.9 Å². The molecule has 1 N–H and O–H groups in total. The molecule has 21 heavy (non-hydrogen) atoms. The van der Waals surface area contributed by atoms with Crippen LogP contribution in [0.5, 0.6) is 5.75 Å². The van der Waals surface area contributed by atoms with Crippen LogP contribution in [0, 0.1) is 15.9 Å². The van der Waals surface area contributed by atoms with Crippen molar-refractivity contribution >= 4 is 27.6 Å². The topological polar surface area (TPSA) is 90.7 Å². The fourth-order valence-electron chi connectivity index (χ4n) is 1.59. The highest BCUT2D eigenvalue weighted by molar-refractivity contribution is 9.10. The second kappa shape index (κ2) is 7.89. The van der Waals surface area contributed by atoms with Crippen LogP contribution in [0.3, 0.4) is 0 Å². The van der Waals surface area contributed by atoms with Gasteiger partial charge in [-0.05, 0) is 23.0 Å². The van der Waals surface area contributed by atoms with E-state index in [2.05, 4.69) is 26.0 Å². The van der Waals surface area contributed by atoms with Crippen molar-refractivity contribution < 1.29 is 23.6 Å². The molecule has 0 bridgehead atoms. The maximum Gasteiger partial charge on any atom is 0.322 e. The van der Waals surface area contributed by atoms with Crippen molar-refractivity contribution in [2.75, 3.05) is 20.8 Å². The van der Waals surface area contributed by atoms with Gasteiger partial charge in [0.25, 0.3) is 0 Å². The first-order valence-corrected chi connectivity index (χ1v) is 6.71. The summed E-state index contributed by atoms with van der Waals surface area (Å²) in [6, 6.07) is 1.35. The third-order valence-electron chi connectivity index (χ3n) is 2.70. The van der Waals surface area contributed by atoms with Gasteiger partial charge < -0.3 is 14.8 Å². The molecule has 0 spiro atoms. The molecular weight excluding hydrogens is 351 g/mol. The Morgan fingerprint density at radius 2 is 2.24 bits per heavy atom. The molecular formula is C12H14BrFN2O5. The van der Waals surface area contributed by atoms with E-state index in [0.717, 1.165) is 12.1 Å². The van der Waals surface area contributed by atoms with Gasteiger partial charge in [0.2, 0.25) is 0 Å². The summed E-state index contributed by atoms with van der Waals surface area (Å²) in [7, 11) is 2.83. The first-order chi connectivity index (χ1) is 9.90. The molecule has 7 nitrogen and oxygen atoms in total. The van der Waals surface area contributed by atoms with E-state index in [-0.39, 0.29) is 28.9 Å². The zero-order valence-electron chi connectivity index (χ0n) is 11.4. The van der Waals surface area contributed by atoms with Gasteiger partial charge in [0, 0.05) is 18.6 Å². The summed E-state index contributed by atoms with van der Waals surface area (Å²) in [6.07, 6.45) is 0.220. The predicted molar refractivity (Wildman–Crippen MR) is 75.7 cm³/mol. The van der Waals surface area contributed by atoms with E-state index in [9.17, 15) is 19.3 Å². The molecule has 0 aromatic heterocycles. The monoisotopic (exact) mass is 364 g/mol. The number of nitrogens with zero attached hydrogens (tertiary/aromatic N) is 1. The molecule has 1 rings (SSSR count). The van der Waals surface area contributed by atoms with Crippen molar-refractivity contribution in [3.8, 4) is 5.75 Å². The van der Waals surface area contributed by atoms with E-state index in [0.29, 0.717) is 0 Å². The minimum Gasteiger partial charge on any atom is -0.487 e. The van der Waals surface area contributed by atoms with Crippen LogP contribution in [0.1, 0.15) is 6.42 Å². The maximum absolute atomic E-state index is 13.4. The Morgan fingerprint density at radius 3 is 2.76 bits per heavy atom. The first-order valence-electron chi connectivity index (χ1n) is 5.92. The number of rotatable bonds is 7. The molecule has 116 valence electrons. The molecule has 0 aliphatic rings. The van der Waals surface area contributed by atoms with Gasteiger partial charge in [0.1, 0.15) is 11.9 Å². The molecule has 9 heteroatoms. The number of hydrogen-bond donors (Lipinski definition) is 1. The summed E-state index contributed by atoms with van der Waals surface area (Å²) < 4.78 is 23.2. The van der Waals surface area contributed by atoms with Crippen LogP contribution in [0.2, 0.25) is 0 Å². The van der Waals surface area contributed by atoms with E-state index in [4.69, 9.17) is 4.74 Å². The number of methoxy groups -OCH3 is 1. The summed E-state index contributed by atoms with van der Waals surface area (Å²) in [6.45, 7) is -0.0114. The third-order valence-corrected chi connectivity index (χ3v) is 3.30. The lowest BCUT2D eigenvalue weighted by Gasteiger charge is -2.14. The highest BCUT2D eigenvalue weighted by Gasteiger charge is 2.21. The van der Waals surface area contributed by atoms with Crippen molar-refractivity contribution in [1.82, 2.24) is 5.32 Å². The number of halogens is 2. The van der Waals surface area contributed by atoms with Crippen molar-refractivity contribution in [2.45, 2.75) is 12.5 Å². The Hall–Kier alpha value is -1.74. The number of likely N-dealkylation sites (N-methyl/N-ethyl adjacent to an activating group) is 1. The molecule has 1 aromatic rings. The average molecular weight is 365 g/mol. The van der Waals surface area contributed by atoms with Gasteiger partial charge in [-0.2, -0.15) is 0 Å². The Morgan fingerprint density at radius 1 is 1.57 bits per heavy atom. The van der Waals surface area contributed by atoms with Gasteiger partial charge in [-0.1, -0.05) is 0 Å². The van der Waals surface area contributed by atoms with E-state index >= 15 is 0 Å². The average Bonchev–Trinajstić information content (AvgIpc) is 2.45. The van der Waals surface area contributed by atoms with Crippen LogP contribution in [-0.2, 0) is 9.53 Å². The number of benzene rings is 1. The lowest BCUT2D eigenvalue weighted by Crippen LogP contribution is -2.36.